The Bertz CT molecular complexity index is 2400. The number of benzene rings is 4. The van der Waals surface area contributed by atoms with Crippen LogP contribution in [0.4, 0.5) is 17.6 Å². The van der Waals surface area contributed by atoms with Crippen molar-refractivity contribution < 1.29 is 36.7 Å². The molecule has 4 nitrogen and oxygen atoms in total. The molecule has 0 amide bonds. The molecule has 0 unspecified atom stereocenters. The molecule has 0 N–H and O–H groups in total. The molecular weight excluding hydrogens is 673 g/mol. The minimum absolute atomic E-state index is 0.0308. The molecular formula is C39H18F4O4S2. The minimum atomic E-state index is -1.04. The van der Waals surface area contributed by atoms with E-state index in [2.05, 4.69) is 0 Å². The largest absolute Gasteiger partial charge is 0.288 e. The molecule has 0 bridgehead atoms. The van der Waals surface area contributed by atoms with Gasteiger partial charge in [0.05, 0.1) is 11.1 Å². The van der Waals surface area contributed by atoms with Gasteiger partial charge in [0.1, 0.15) is 0 Å². The molecule has 2 aromatic heterocycles. The molecule has 9 rings (SSSR count). The summed E-state index contributed by atoms with van der Waals surface area (Å²) in [7, 11) is 0. The Labute approximate surface area is 282 Å². The van der Waals surface area contributed by atoms with Crippen LogP contribution in [0.15, 0.2) is 71.8 Å². The van der Waals surface area contributed by atoms with Crippen molar-refractivity contribution in [3.05, 3.63) is 138 Å². The Balaban J connectivity index is 1.06. The SMILES string of the molecule is CC1(C)c2cc(C=C3C(=O)c4cc5cc(F)c(F)cc5cc4C3=O)sc2-c2sc(C=C3C(=O)c4cc5cc(F)c(F)cc5cc4C3=O)cc21. The van der Waals surface area contributed by atoms with Gasteiger partial charge in [0, 0.05) is 47.2 Å². The molecule has 0 fully saturated rings. The Morgan fingerprint density at radius 1 is 0.469 bits per heavy atom. The van der Waals surface area contributed by atoms with Gasteiger partial charge in [-0.2, -0.15) is 0 Å². The van der Waals surface area contributed by atoms with Gasteiger partial charge in [-0.05, 0) is 105 Å². The fourth-order valence-corrected chi connectivity index (χ4v) is 9.73. The van der Waals surface area contributed by atoms with Crippen LogP contribution in [0.2, 0.25) is 0 Å². The fourth-order valence-electron chi connectivity index (χ4n) is 7.05. The third-order valence-electron chi connectivity index (χ3n) is 9.62. The van der Waals surface area contributed by atoms with E-state index in [1.807, 2.05) is 26.0 Å². The van der Waals surface area contributed by atoms with Crippen LogP contribution < -0.4 is 0 Å². The molecule has 6 aromatic rings. The van der Waals surface area contributed by atoms with E-state index in [4.69, 9.17) is 0 Å². The number of allylic oxidation sites excluding steroid dienone is 2. The maximum atomic E-state index is 13.9. The number of rotatable bonds is 2. The summed E-state index contributed by atoms with van der Waals surface area (Å²) in [6, 6.07) is 13.6. The third kappa shape index (κ3) is 4.14. The lowest BCUT2D eigenvalue weighted by molar-refractivity contribution is 0.0975. The van der Waals surface area contributed by atoms with Crippen LogP contribution in [-0.4, -0.2) is 23.1 Å². The summed E-state index contributed by atoms with van der Waals surface area (Å²) < 4.78 is 55.4. The quantitative estimate of drug-likeness (QED) is 0.103. The molecule has 10 heteroatoms. The summed E-state index contributed by atoms with van der Waals surface area (Å²) in [5, 5.41) is 1.27. The van der Waals surface area contributed by atoms with Gasteiger partial charge in [-0.15, -0.1) is 22.7 Å². The summed E-state index contributed by atoms with van der Waals surface area (Å²) in [5.74, 6) is -6.11. The van der Waals surface area contributed by atoms with Gasteiger partial charge in [0.25, 0.3) is 0 Å². The van der Waals surface area contributed by atoms with Crippen molar-refractivity contribution in [1.29, 1.82) is 0 Å². The van der Waals surface area contributed by atoms with Gasteiger partial charge in [-0.1, -0.05) is 13.8 Å². The van der Waals surface area contributed by atoms with Crippen LogP contribution in [-0.2, 0) is 5.41 Å². The number of halogens is 4. The van der Waals surface area contributed by atoms with Gasteiger partial charge >= 0.3 is 0 Å². The van der Waals surface area contributed by atoms with Gasteiger partial charge in [0.15, 0.2) is 46.4 Å². The minimum Gasteiger partial charge on any atom is -0.288 e. The average molecular weight is 691 g/mol. The van der Waals surface area contributed by atoms with Crippen molar-refractivity contribution in [2.75, 3.05) is 0 Å². The first-order chi connectivity index (χ1) is 23.3. The smallest absolute Gasteiger partial charge is 0.197 e. The number of hydrogen-bond donors (Lipinski definition) is 0. The molecule has 3 aliphatic carbocycles. The second kappa shape index (κ2) is 9.87. The highest BCUT2D eigenvalue weighted by molar-refractivity contribution is 7.23. The number of hydrogen-bond acceptors (Lipinski definition) is 6. The predicted octanol–water partition coefficient (Wildman–Crippen LogP) is 9.90. The van der Waals surface area contributed by atoms with Crippen LogP contribution in [0, 0.1) is 23.3 Å². The van der Waals surface area contributed by atoms with E-state index in [1.54, 1.807) is 12.2 Å². The molecule has 0 spiro atoms. The zero-order chi connectivity index (χ0) is 34.3. The second-order valence-corrected chi connectivity index (χ2v) is 15.0. The van der Waals surface area contributed by atoms with E-state index in [-0.39, 0.29) is 33.4 Å². The first-order valence-corrected chi connectivity index (χ1v) is 16.7. The molecule has 0 aliphatic heterocycles. The van der Waals surface area contributed by atoms with E-state index >= 15 is 0 Å². The lowest BCUT2D eigenvalue weighted by Gasteiger charge is -2.18. The average Bonchev–Trinajstić information content (AvgIpc) is 3.82. The summed E-state index contributed by atoms with van der Waals surface area (Å²) >= 11 is 2.82. The molecule has 4 aromatic carbocycles. The predicted molar refractivity (Wildman–Crippen MR) is 181 cm³/mol. The molecule has 0 saturated heterocycles. The van der Waals surface area contributed by atoms with E-state index < -0.39 is 51.8 Å². The zero-order valence-corrected chi connectivity index (χ0v) is 27.0. The normalized spacial score (nSPS) is 15.8. The highest BCUT2D eigenvalue weighted by atomic mass is 32.1. The molecule has 49 heavy (non-hydrogen) atoms. The Hall–Kier alpha value is -5.32. The summed E-state index contributed by atoms with van der Waals surface area (Å²) in [6.45, 7) is 4.09. The number of thiophene rings is 2. The summed E-state index contributed by atoms with van der Waals surface area (Å²) in [5.41, 5.74) is 2.04. The van der Waals surface area contributed by atoms with Crippen molar-refractivity contribution in [2.24, 2.45) is 0 Å². The topological polar surface area (TPSA) is 68.3 Å². The van der Waals surface area contributed by atoms with Crippen LogP contribution in [0.25, 0.3) is 43.5 Å². The van der Waals surface area contributed by atoms with Gasteiger partial charge in [-0.25, -0.2) is 17.6 Å². The second-order valence-electron chi connectivity index (χ2n) is 12.9. The summed E-state index contributed by atoms with van der Waals surface area (Å²) in [6.07, 6.45) is 3.11. The van der Waals surface area contributed by atoms with Crippen molar-refractivity contribution in [2.45, 2.75) is 19.3 Å². The number of Topliss-reactive ketones (excluding diaryl/α,β-unsaturated/α-hetero) is 4. The molecule has 0 radical (unpaired) electrons. The number of fused-ring (bicyclic) bond motifs is 7. The molecule has 0 atom stereocenters. The number of carbonyl (C=O) groups excluding carboxylic acids is 4. The highest BCUT2D eigenvalue weighted by Gasteiger charge is 2.41. The molecule has 238 valence electrons. The Morgan fingerprint density at radius 2 is 0.755 bits per heavy atom. The maximum Gasteiger partial charge on any atom is 0.197 e. The molecule has 0 saturated carbocycles. The Kier molecular flexibility index (Phi) is 6.00. The third-order valence-corrected chi connectivity index (χ3v) is 11.9. The highest BCUT2D eigenvalue weighted by Crippen LogP contribution is 2.56. The van der Waals surface area contributed by atoms with Gasteiger partial charge < -0.3 is 0 Å². The maximum absolute atomic E-state index is 13.9. The van der Waals surface area contributed by atoms with E-state index in [0.29, 0.717) is 31.3 Å². The zero-order valence-electron chi connectivity index (χ0n) is 25.4. The first-order valence-electron chi connectivity index (χ1n) is 15.1. The fraction of sp³-hybridized carbons (Fsp3) is 0.0769. The number of carbonyl (C=O) groups is 4. The lowest BCUT2D eigenvalue weighted by Crippen LogP contribution is -2.13. The van der Waals surface area contributed by atoms with Crippen molar-refractivity contribution in [3.63, 3.8) is 0 Å². The molecule has 3 aliphatic rings. The lowest BCUT2D eigenvalue weighted by atomic mass is 9.83. The van der Waals surface area contributed by atoms with Crippen molar-refractivity contribution in [3.8, 4) is 9.75 Å². The molecule has 2 heterocycles. The van der Waals surface area contributed by atoms with Crippen LogP contribution in [0.1, 0.15) is 76.2 Å². The van der Waals surface area contributed by atoms with Crippen LogP contribution in [0.5, 0.6) is 0 Å². The van der Waals surface area contributed by atoms with Crippen LogP contribution >= 0.6 is 22.7 Å². The first kappa shape index (κ1) is 29.8. The van der Waals surface area contributed by atoms with Crippen molar-refractivity contribution in [1.82, 2.24) is 0 Å². The van der Waals surface area contributed by atoms with E-state index in [0.717, 1.165) is 45.1 Å². The standard InChI is InChI=1S/C39H18F4O4S2/c1-39(2)27-13-19(11-25-33(44)21-3-15-7-29(40)30(41)8-16(15)4-22(21)34(25)45)48-37(27)38-28(39)14-20(49-38)12-26-35(46)23-5-17-9-31(42)32(43)10-18(17)6-24(23)36(26)47/h3-14H,1-2H3. The van der Waals surface area contributed by atoms with Gasteiger partial charge in [0.2, 0.25) is 0 Å². The van der Waals surface area contributed by atoms with E-state index in [9.17, 15) is 36.7 Å². The van der Waals surface area contributed by atoms with Crippen molar-refractivity contribution >= 4 is 79.5 Å². The Morgan fingerprint density at radius 3 is 1.04 bits per heavy atom. The van der Waals surface area contributed by atoms with E-state index in [1.165, 1.54) is 46.9 Å². The van der Waals surface area contributed by atoms with Gasteiger partial charge in [-0.3, -0.25) is 19.2 Å². The number of ketones is 4. The summed E-state index contributed by atoms with van der Waals surface area (Å²) in [4.78, 5) is 56.7. The van der Waals surface area contributed by atoms with Crippen LogP contribution in [0.3, 0.4) is 0 Å². The monoisotopic (exact) mass is 690 g/mol.